The molecule has 1 heterocycles. The van der Waals surface area contributed by atoms with Crippen LogP contribution in [-0.2, 0) is 11.6 Å². The summed E-state index contributed by atoms with van der Waals surface area (Å²) in [6.07, 6.45) is 3.87. The Morgan fingerprint density at radius 2 is 1.95 bits per heavy atom. The van der Waals surface area contributed by atoms with Crippen LogP contribution in [0.3, 0.4) is 0 Å². The molecule has 7 nitrogen and oxygen atoms in total. The smallest absolute Gasteiger partial charge is 0.421 e. The van der Waals surface area contributed by atoms with Crippen molar-refractivity contribution >= 4 is 39.9 Å². The molecule has 0 radical (unpaired) electrons. The minimum Gasteiger partial charge on any atom is -0.495 e. The lowest BCUT2D eigenvalue weighted by Gasteiger charge is -2.08. The van der Waals surface area contributed by atoms with Crippen LogP contribution in [0.15, 0.2) is 34.8 Å². The molecule has 0 bridgehead atoms. The van der Waals surface area contributed by atoms with Crippen LogP contribution in [0.5, 0.6) is 11.5 Å². The Hall–Kier alpha value is -1.84. The first-order valence-corrected chi connectivity index (χ1v) is 7.67. The van der Waals surface area contributed by atoms with Gasteiger partial charge in [0.05, 0.1) is 39.3 Å². The van der Waals surface area contributed by atoms with Crippen LogP contribution in [0, 0.1) is 0 Å². The van der Waals surface area contributed by atoms with Crippen LogP contribution in [0.1, 0.15) is 0 Å². The number of imidazole rings is 1. The van der Waals surface area contributed by atoms with Gasteiger partial charge in [-0.05, 0) is 22.6 Å². The standard InChI is InChI=1S/C13H16IN5O2/c1-18-4-5-19(8-14)13(18)17-16-10-7-11(20-2)9(15)6-12(10)21-3/h4-7,15H,8H2,1-3H3/p+1. The quantitative estimate of drug-likeness (QED) is 0.275. The maximum Gasteiger partial charge on any atom is 0.421 e. The SMILES string of the molecule is COc1cc(N=Nc2n(CI)cc[n+]2C)c(OC)cc1N. The van der Waals surface area contributed by atoms with E-state index in [9.17, 15) is 0 Å². The summed E-state index contributed by atoms with van der Waals surface area (Å²) in [6.45, 7) is 0. The zero-order chi connectivity index (χ0) is 15.4. The summed E-state index contributed by atoms with van der Waals surface area (Å²) < 4.78 is 15.1. The fourth-order valence-corrected chi connectivity index (χ4v) is 2.35. The monoisotopic (exact) mass is 402 g/mol. The number of methoxy groups -OCH3 is 2. The summed E-state index contributed by atoms with van der Waals surface area (Å²) in [7, 11) is 5.03. The van der Waals surface area contributed by atoms with Crippen molar-refractivity contribution in [2.45, 2.75) is 4.55 Å². The summed E-state index contributed by atoms with van der Waals surface area (Å²) in [5.41, 5.74) is 6.91. The Morgan fingerprint density at radius 3 is 2.57 bits per heavy atom. The molecule has 1 aromatic heterocycles. The molecule has 0 amide bonds. The second-order valence-electron chi connectivity index (χ2n) is 4.26. The molecule has 0 aliphatic heterocycles. The number of hydrogen-bond acceptors (Lipinski definition) is 5. The van der Waals surface area contributed by atoms with E-state index in [1.165, 1.54) is 0 Å². The first kappa shape index (κ1) is 15.5. The van der Waals surface area contributed by atoms with Gasteiger partial charge < -0.3 is 15.2 Å². The number of nitrogens with two attached hydrogens (primary N) is 1. The highest BCUT2D eigenvalue weighted by Gasteiger charge is 2.15. The van der Waals surface area contributed by atoms with Gasteiger partial charge in [0.1, 0.15) is 21.7 Å². The maximum absolute atomic E-state index is 5.85. The molecule has 0 saturated carbocycles. The first-order valence-electron chi connectivity index (χ1n) is 6.14. The van der Waals surface area contributed by atoms with Crippen LogP contribution in [0.2, 0.25) is 0 Å². The molecule has 0 unspecified atom stereocenters. The Balaban J connectivity index is 2.42. The summed E-state index contributed by atoms with van der Waals surface area (Å²) in [6, 6.07) is 3.37. The number of nitrogens with zero attached hydrogens (tertiary/aromatic N) is 4. The Morgan fingerprint density at radius 1 is 1.24 bits per heavy atom. The molecule has 21 heavy (non-hydrogen) atoms. The van der Waals surface area contributed by atoms with Crippen LogP contribution in [0.25, 0.3) is 0 Å². The third kappa shape index (κ3) is 3.26. The van der Waals surface area contributed by atoms with Crippen molar-refractivity contribution in [1.82, 2.24) is 4.57 Å². The zero-order valence-corrected chi connectivity index (χ0v) is 14.2. The molecular weight excluding hydrogens is 385 g/mol. The van der Waals surface area contributed by atoms with Crippen molar-refractivity contribution in [3.63, 3.8) is 0 Å². The van der Waals surface area contributed by atoms with Gasteiger partial charge in [-0.25, -0.2) is 9.13 Å². The Labute approximate surface area is 136 Å². The molecule has 0 aliphatic carbocycles. The molecular formula is C13H17IN5O2+. The number of benzene rings is 1. The molecule has 2 rings (SSSR count). The molecule has 0 saturated heterocycles. The molecule has 2 aromatic rings. The van der Waals surface area contributed by atoms with Gasteiger partial charge in [0.25, 0.3) is 0 Å². The highest BCUT2D eigenvalue weighted by Crippen LogP contribution is 2.37. The van der Waals surface area contributed by atoms with E-state index in [1.54, 1.807) is 26.4 Å². The number of halogens is 1. The second-order valence-corrected chi connectivity index (χ2v) is 4.95. The number of hydrogen-bond donors (Lipinski definition) is 1. The third-order valence-corrected chi connectivity index (χ3v) is 3.68. The van der Waals surface area contributed by atoms with Gasteiger partial charge in [-0.15, -0.1) is 0 Å². The van der Waals surface area contributed by atoms with Crippen LogP contribution in [-0.4, -0.2) is 18.8 Å². The van der Waals surface area contributed by atoms with Gasteiger partial charge in [-0.3, -0.25) is 0 Å². The molecule has 1 aromatic carbocycles. The summed E-state index contributed by atoms with van der Waals surface area (Å²) >= 11 is 2.26. The molecule has 0 spiro atoms. The highest BCUT2D eigenvalue weighted by molar-refractivity contribution is 14.1. The minimum absolute atomic E-state index is 0.495. The van der Waals surface area contributed by atoms with E-state index in [-0.39, 0.29) is 0 Å². The highest BCUT2D eigenvalue weighted by atomic mass is 127. The molecule has 2 N–H and O–H groups in total. The fraction of sp³-hybridized carbons (Fsp3) is 0.308. The fourth-order valence-electron chi connectivity index (χ4n) is 1.82. The number of aryl methyl sites for hydroxylation is 1. The van der Waals surface area contributed by atoms with Crippen molar-refractivity contribution < 1.29 is 14.0 Å². The van der Waals surface area contributed by atoms with Gasteiger partial charge in [0.15, 0.2) is 0 Å². The lowest BCUT2D eigenvalue weighted by molar-refractivity contribution is -0.657. The average molecular weight is 402 g/mol. The van der Waals surface area contributed by atoms with Crippen molar-refractivity contribution in [3.05, 3.63) is 24.5 Å². The molecule has 0 fully saturated rings. The second kappa shape index (κ2) is 6.74. The van der Waals surface area contributed by atoms with Gasteiger partial charge in [-0.2, -0.15) is 0 Å². The van der Waals surface area contributed by atoms with Gasteiger partial charge in [0.2, 0.25) is 0 Å². The van der Waals surface area contributed by atoms with E-state index >= 15 is 0 Å². The van der Waals surface area contributed by atoms with Crippen molar-refractivity contribution in [1.29, 1.82) is 0 Å². The molecule has 8 heteroatoms. The number of ether oxygens (including phenoxy) is 2. The van der Waals surface area contributed by atoms with E-state index in [0.717, 1.165) is 10.5 Å². The van der Waals surface area contributed by atoms with E-state index in [4.69, 9.17) is 15.2 Å². The van der Waals surface area contributed by atoms with E-state index < -0.39 is 0 Å². The minimum atomic E-state index is 0.495. The van der Waals surface area contributed by atoms with Gasteiger partial charge in [-0.1, -0.05) is 5.11 Å². The molecule has 0 atom stereocenters. The number of alkyl halides is 1. The Kier molecular flexibility index (Phi) is 4.99. The largest absolute Gasteiger partial charge is 0.495 e. The molecule has 0 aliphatic rings. The third-order valence-electron chi connectivity index (χ3n) is 2.95. The topological polar surface area (TPSA) is 78.0 Å². The predicted octanol–water partition coefficient (Wildman–Crippen LogP) is 2.72. The van der Waals surface area contributed by atoms with E-state index in [2.05, 4.69) is 32.8 Å². The van der Waals surface area contributed by atoms with Crippen molar-refractivity contribution in [2.24, 2.45) is 17.3 Å². The number of anilines is 1. The number of aromatic nitrogens is 2. The average Bonchev–Trinajstić information content (AvgIpc) is 2.85. The predicted molar refractivity (Wildman–Crippen MR) is 87.8 cm³/mol. The van der Waals surface area contributed by atoms with Crippen molar-refractivity contribution in [3.8, 4) is 11.5 Å². The zero-order valence-electron chi connectivity index (χ0n) is 12.1. The summed E-state index contributed by atoms with van der Waals surface area (Å²) in [5, 5.41) is 8.55. The summed E-state index contributed by atoms with van der Waals surface area (Å²) in [4.78, 5) is 0. The number of nitrogen functional groups attached to an aromatic ring is 1. The van der Waals surface area contributed by atoms with Crippen LogP contribution < -0.4 is 19.8 Å². The van der Waals surface area contributed by atoms with Crippen LogP contribution in [0.4, 0.5) is 17.3 Å². The van der Waals surface area contributed by atoms with E-state index in [0.29, 0.717) is 22.9 Å². The normalized spacial score (nSPS) is 11.0. The molecule has 112 valence electrons. The first-order chi connectivity index (χ1) is 10.1. The van der Waals surface area contributed by atoms with Crippen LogP contribution >= 0.6 is 22.6 Å². The summed E-state index contributed by atoms with van der Waals surface area (Å²) in [5.74, 6) is 1.83. The lowest BCUT2D eigenvalue weighted by atomic mass is 10.2. The maximum atomic E-state index is 5.85. The van der Waals surface area contributed by atoms with Gasteiger partial charge >= 0.3 is 5.95 Å². The lowest BCUT2D eigenvalue weighted by Crippen LogP contribution is -2.25. The number of rotatable bonds is 5. The van der Waals surface area contributed by atoms with Crippen molar-refractivity contribution in [2.75, 3.05) is 20.0 Å². The van der Waals surface area contributed by atoms with Gasteiger partial charge in [0, 0.05) is 17.2 Å². The number of azo groups is 1. The Bertz CT molecular complexity index is 669. The van der Waals surface area contributed by atoms with E-state index in [1.807, 2.05) is 28.6 Å².